The Kier molecular flexibility index (Phi) is 1.99. The molecular formula is C7H8N2O. The summed E-state index contributed by atoms with van der Waals surface area (Å²) in [6, 6.07) is 0. The first-order valence-electron chi connectivity index (χ1n) is 2.96. The highest BCUT2D eigenvalue weighted by Crippen LogP contribution is 1.93. The molecule has 0 fully saturated rings. The quantitative estimate of drug-likeness (QED) is 0.446. The van der Waals surface area contributed by atoms with Crippen molar-refractivity contribution in [2.24, 2.45) is 0 Å². The summed E-state index contributed by atoms with van der Waals surface area (Å²) in [6.45, 7) is 1.87. The molecule has 1 heterocycles. The molecule has 0 saturated carbocycles. The molecule has 1 rings (SSSR count). The Morgan fingerprint density at radius 1 is 1.70 bits per heavy atom. The molecule has 0 aliphatic heterocycles. The molecule has 10 heavy (non-hydrogen) atoms. The van der Waals surface area contributed by atoms with Crippen molar-refractivity contribution in [3.8, 4) is 0 Å². The van der Waals surface area contributed by atoms with Crippen LogP contribution >= 0.6 is 0 Å². The zero-order valence-electron chi connectivity index (χ0n) is 5.69. The summed E-state index contributed by atoms with van der Waals surface area (Å²) >= 11 is 0. The van der Waals surface area contributed by atoms with E-state index in [4.69, 9.17) is 0 Å². The molecule has 0 aromatic carbocycles. The van der Waals surface area contributed by atoms with E-state index in [-0.39, 0.29) is 0 Å². The topological polar surface area (TPSA) is 34.9 Å². The van der Waals surface area contributed by atoms with E-state index in [9.17, 15) is 4.79 Å². The fraction of sp³-hybridized carbons (Fsp3) is 0.143. The van der Waals surface area contributed by atoms with Gasteiger partial charge in [-0.05, 0) is 13.0 Å². The third-order valence-electron chi connectivity index (χ3n) is 1.19. The van der Waals surface area contributed by atoms with E-state index in [1.165, 1.54) is 6.08 Å². The summed E-state index contributed by atoms with van der Waals surface area (Å²) in [4.78, 5) is 13.9. The second-order valence-electron chi connectivity index (χ2n) is 1.86. The molecule has 3 heteroatoms. The average molecular weight is 136 g/mol. The van der Waals surface area contributed by atoms with Crippen LogP contribution in [0.15, 0.2) is 18.5 Å². The van der Waals surface area contributed by atoms with Gasteiger partial charge in [0.1, 0.15) is 12.1 Å². The Hall–Kier alpha value is -1.38. The largest absolute Gasteiger partial charge is 0.311 e. The van der Waals surface area contributed by atoms with Crippen LogP contribution in [0.2, 0.25) is 0 Å². The van der Waals surface area contributed by atoms with Gasteiger partial charge in [0.2, 0.25) is 0 Å². The van der Waals surface area contributed by atoms with Crippen molar-refractivity contribution in [3.05, 3.63) is 24.3 Å². The van der Waals surface area contributed by atoms with Crippen molar-refractivity contribution in [1.82, 2.24) is 9.55 Å². The first-order valence-corrected chi connectivity index (χ1v) is 2.96. The highest BCUT2D eigenvalue weighted by Gasteiger charge is 1.88. The number of rotatable bonds is 2. The Bertz CT molecular complexity index is 250. The smallest absolute Gasteiger partial charge is 0.144 e. The van der Waals surface area contributed by atoms with E-state index in [0.29, 0.717) is 0 Å². The molecular weight excluding hydrogens is 128 g/mol. The van der Waals surface area contributed by atoms with E-state index in [1.54, 1.807) is 23.2 Å². The van der Waals surface area contributed by atoms with E-state index in [2.05, 4.69) is 4.98 Å². The highest BCUT2D eigenvalue weighted by molar-refractivity contribution is 5.69. The number of hydrogen-bond donors (Lipinski definition) is 0. The van der Waals surface area contributed by atoms with E-state index >= 15 is 0 Å². The van der Waals surface area contributed by atoms with E-state index < -0.39 is 0 Å². The van der Waals surface area contributed by atoms with Gasteiger partial charge in [0.05, 0.1) is 0 Å². The SMILES string of the molecule is Cc1nccn1C=CC=O. The van der Waals surface area contributed by atoms with Gasteiger partial charge in [-0.3, -0.25) is 4.79 Å². The van der Waals surface area contributed by atoms with Gasteiger partial charge in [0, 0.05) is 18.6 Å². The van der Waals surface area contributed by atoms with Gasteiger partial charge in [-0.2, -0.15) is 0 Å². The maximum absolute atomic E-state index is 9.89. The lowest BCUT2D eigenvalue weighted by Gasteiger charge is -1.91. The number of allylic oxidation sites excluding steroid dienone is 1. The van der Waals surface area contributed by atoms with Gasteiger partial charge in [0.25, 0.3) is 0 Å². The summed E-state index contributed by atoms with van der Waals surface area (Å²) in [5, 5.41) is 0. The van der Waals surface area contributed by atoms with Crippen LogP contribution in [-0.4, -0.2) is 15.8 Å². The fourth-order valence-corrected chi connectivity index (χ4v) is 0.673. The zero-order chi connectivity index (χ0) is 7.40. The second-order valence-corrected chi connectivity index (χ2v) is 1.86. The Balaban J connectivity index is 2.83. The molecule has 0 N–H and O–H groups in total. The van der Waals surface area contributed by atoms with Crippen LogP contribution in [0.1, 0.15) is 5.82 Å². The zero-order valence-corrected chi connectivity index (χ0v) is 5.69. The average Bonchev–Trinajstić information content (AvgIpc) is 2.31. The summed E-state index contributed by atoms with van der Waals surface area (Å²) < 4.78 is 1.77. The molecule has 0 bridgehead atoms. The minimum atomic E-state index is 0.736. The van der Waals surface area contributed by atoms with Gasteiger partial charge < -0.3 is 4.57 Å². The predicted octanol–water partition coefficient (Wildman–Crippen LogP) is 0.861. The number of hydrogen-bond acceptors (Lipinski definition) is 2. The molecule has 0 unspecified atom stereocenters. The molecule has 0 atom stereocenters. The highest BCUT2D eigenvalue weighted by atomic mass is 16.1. The molecule has 0 radical (unpaired) electrons. The number of aryl methyl sites for hydroxylation is 1. The maximum Gasteiger partial charge on any atom is 0.144 e. The normalized spacial score (nSPS) is 10.5. The number of imidazole rings is 1. The van der Waals surface area contributed by atoms with Crippen LogP contribution in [0.3, 0.4) is 0 Å². The molecule has 1 aromatic rings. The van der Waals surface area contributed by atoms with Gasteiger partial charge in [-0.15, -0.1) is 0 Å². The first kappa shape index (κ1) is 6.74. The minimum absolute atomic E-state index is 0.736. The Morgan fingerprint density at radius 2 is 2.50 bits per heavy atom. The van der Waals surface area contributed by atoms with Crippen molar-refractivity contribution in [2.75, 3.05) is 0 Å². The number of aldehydes is 1. The van der Waals surface area contributed by atoms with Gasteiger partial charge in [0.15, 0.2) is 0 Å². The monoisotopic (exact) mass is 136 g/mol. The van der Waals surface area contributed by atoms with Crippen molar-refractivity contribution < 1.29 is 4.79 Å². The van der Waals surface area contributed by atoms with Crippen LogP contribution in [0.5, 0.6) is 0 Å². The fourth-order valence-electron chi connectivity index (χ4n) is 0.673. The van der Waals surface area contributed by atoms with Gasteiger partial charge in [-0.25, -0.2) is 4.98 Å². The predicted molar refractivity (Wildman–Crippen MR) is 38.4 cm³/mol. The lowest BCUT2D eigenvalue weighted by molar-refractivity contribution is -0.104. The summed E-state index contributed by atoms with van der Waals surface area (Å²) in [7, 11) is 0. The van der Waals surface area contributed by atoms with Crippen molar-refractivity contribution >= 4 is 12.5 Å². The lowest BCUT2D eigenvalue weighted by atomic mass is 10.6. The molecule has 52 valence electrons. The number of carbonyl (C=O) groups excluding carboxylic acids is 1. The van der Waals surface area contributed by atoms with E-state index in [0.717, 1.165) is 12.1 Å². The summed E-state index contributed by atoms with van der Waals surface area (Å²) in [6.07, 6.45) is 7.29. The summed E-state index contributed by atoms with van der Waals surface area (Å²) in [5.74, 6) is 0.873. The third kappa shape index (κ3) is 1.31. The minimum Gasteiger partial charge on any atom is -0.311 e. The summed E-state index contributed by atoms with van der Waals surface area (Å²) in [5.41, 5.74) is 0. The van der Waals surface area contributed by atoms with Crippen molar-refractivity contribution in [2.45, 2.75) is 6.92 Å². The van der Waals surface area contributed by atoms with Crippen molar-refractivity contribution in [3.63, 3.8) is 0 Å². The standard InChI is InChI=1S/C7H8N2O/c1-7-8-3-5-9(7)4-2-6-10/h2-6H,1H3. The Morgan fingerprint density at radius 3 is 3.00 bits per heavy atom. The number of nitrogens with zero attached hydrogens (tertiary/aromatic N) is 2. The second kappa shape index (κ2) is 2.96. The third-order valence-corrected chi connectivity index (χ3v) is 1.19. The van der Waals surface area contributed by atoms with Crippen LogP contribution < -0.4 is 0 Å². The van der Waals surface area contributed by atoms with E-state index in [1.807, 2.05) is 6.92 Å². The lowest BCUT2D eigenvalue weighted by Crippen LogP contribution is -1.86. The van der Waals surface area contributed by atoms with Gasteiger partial charge >= 0.3 is 0 Å². The molecule has 0 saturated heterocycles. The van der Waals surface area contributed by atoms with Crippen LogP contribution in [0.25, 0.3) is 6.20 Å². The molecule has 1 aromatic heterocycles. The number of carbonyl (C=O) groups is 1. The van der Waals surface area contributed by atoms with Crippen LogP contribution in [0, 0.1) is 6.92 Å². The Labute approximate surface area is 59.0 Å². The molecule has 0 aliphatic rings. The molecule has 0 amide bonds. The number of aromatic nitrogens is 2. The maximum atomic E-state index is 9.89. The van der Waals surface area contributed by atoms with Crippen LogP contribution in [0.4, 0.5) is 0 Å². The molecule has 0 spiro atoms. The first-order chi connectivity index (χ1) is 4.84. The van der Waals surface area contributed by atoms with Gasteiger partial charge in [-0.1, -0.05) is 0 Å². The molecule has 3 nitrogen and oxygen atoms in total. The molecule has 0 aliphatic carbocycles. The van der Waals surface area contributed by atoms with Crippen LogP contribution in [-0.2, 0) is 4.79 Å². The van der Waals surface area contributed by atoms with Crippen molar-refractivity contribution in [1.29, 1.82) is 0 Å².